The third-order valence-electron chi connectivity index (χ3n) is 4.23. The Morgan fingerprint density at radius 3 is 2.82 bits per heavy atom. The number of fused-ring (bicyclic) bond motifs is 1. The molecule has 3 atom stereocenters. The molecule has 1 N–H and O–H groups in total. The fraction of sp³-hybridized carbons (Fsp3) is 0.923. The van der Waals surface area contributed by atoms with Gasteiger partial charge in [-0.15, -0.1) is 0 Å². The van der Waals surface area contributed by atoms with E-state index in [0.717, 1.165) is 32.6 Å². The molecule has 0 bridgehead atoms. The van der Waals surface area contributed by atoms with Crippen LogP contribution >= 0.6 is 0 Å². The summed E-state index contributed by atoms with van der Waals surface area (Å²) < 4.78 is 0. The Bertz CT molecular complexity index is 280. The van der Waals surface area contributed by atoms with Crippen LogP contribution in [-0.2, 0) is 4.79 Å². The maximum absolute atomic E-state index is 12.2. The molecule has 2 heterocycles. The number of carbonyl (C=O) groups is 1. The maximum atomic E-state index is 12.2. The molecular weight excluding hydrogens is 214 g/mol. The quantitative estimate of drug-likeness (QED) is 0.771. The molecule has 2 aliphatic rings. The molecule has 17 heavy (non-hydrogen) atoms. The largest absolute Gasteiger partial charge is 0.339 e. The summed E-state index contributed by atoms with van der Waals surface area (Å²) in [5.41, 5.74) is 0. The van der Waals surface area contributed by atoms with Gasteiger partial charge in [0.25, 0.3) is 0 Å². The lowest BCUT2D eigenvalue weighted by atomic mass is 9.93. The van der Waals surface area contributed by atoms with Gasteiger partial charge in [0.05, 0.1) is 0 Å². The predicted octanol–water partition coefficient (Wildman–Crippen LogP) is 0.395. The first-order valence-electron chi connectivity index (χ1n) is 6.78. The minimum atomic E-state index is 0.347. The standard InChI is InChI=1S/C13H25N3O/c1-4-12-11-8-14-7-10(11)9-16(12)13(17)5-6-15(2)3/h10-12,14H,4-9H2,1-3H3. The van der Waals surface area contributed by atoms with Crippen molar-refractivity contribution >= 4 is 5.91 Å². The molecule has 2 saturated heterocycles. The highest BCUT2D eigenvalue weighted by molar-refractivity contribution is 5.77. The molecule has 0 aliphatic carbocycles. The van der Waals surface area contributed by atoms with Gasteiger partial charge in [0.2, 0.25) is 5.91 Å². The average molecular weight is 239 g/mol. The van der Waals surface area contributed by atoms with Crippen molar-refractivity contribution in [1.29, 1.82) is 0 Å². The molecule has 0 saturated carbocycles. The van der Waals surface area contributed by atoms with Crippen LogP contribution < -0.4 is 5.32 Å². The van der Waals surface area contributed by atoms with Gasteiger partial charge in [-0.2, -0.15) is 0 Å². The van der Waals surface area contributed by atoms with E-state index in [1.807, 2.05) is 14.1 Å². The van der Waals surface area contributed by atoms with Crippen LogP contribution in [0.25, 0.3) is 0 Å². The molecule has 0 aromatic rings. The van der Waals surface area contributed by atoms with Crippen LogP contribution in [0.1, 0.15) is 19.8 Å². The van der Waals surface area contributed by atoms with Crippen LogP contribution in [0.2, 0.25) is 0 Å². The molecular formula is C13H25N3O. The van der Waals surface area contributed by atoms with Crippen molar-refractivity contribution in [2.24, 2.45) is 11.8 Å². The zero-order valence-corrected chi connectivity index (χ0v) is 11.3. The lowest BCUT2D eigenvalue weighted by Gasteiger charge is -2.27. The van der Waals surface area contributed by atoms with Crippen molar-refractivity contribution in [1.82, 2.24) is 15.1 Å². The normalized spacial score (nSPS) is 32.2. The van der Waals surface area contributed by atoms with E-state index in [-0.39, 0.29) is 0 Å². The van der Waals surface area contributed by atoms with Gasteiger partial charge < -0.3 is 15.1 Å². The van der Waals surface area contributed by atoms with Gasteiger partial charge in [-0.1, -0.05) is 6.92 Å². The van der Waals surface area contributed by atoms with Crippen LogP contribution in [0.4, 0.5) is 0 Å². The molecule has 0 aromatic heterocycles. The highest BCUT2D eigenvalue weighted by Gasteiger charge is 2.44. The highest BCUT2D eigenvalue weighted by atomic mass is 16.2. The first kappa shape index (κ1) is 12.8. The van der Waals surface area contributed by atoms with E-state index in [0.29, 0.717) is 30.2 Å². The van der Waals surface area contributed by atoms with E-state index in [2.05, 4.69) is 22.0 Å². The second-order valence-electron chi connectivity index (χ2n) is 5.66. The number of nitrogens with zero attached hydrogens (tertiary/aromatic N) is 2. The zero-order valence-electron chi connectivity index (χ0n) is 11.3. The van der Waals surface area contributed by atoms with Gasteiger partial charge in [-0.05, 0) is 32.4 Å². The smallest absolute Gasteiger partial charge is 0.224 e. The summed E-state index contributed by atoms with van der Waals surface area (Å²) in [6, 6.07) is 0.477. The molecule has 2 rings (SSSR count). The van der Waals surface area contributed by atoms with Gasteiger partial charge in [0.15, 0.2) is 0 Å². The summed E-state index contributed by atoms with van der Waals surface area (Å²) in [4.78, 5) is 16.5. The van der Waals surface area contributed by atoms with Crippen molar-refractivity contribution in [3.8, 4) is 0 Å². The van der Waals surface area contributed by atoms with Crippen LogP contribution in [0, 0.1) is 11.8 Å². The van der Waals surface area contributed by atoms with Crippen LogP contribution in [0.3, 0.4) is 0 Å². The molecule has 1 amide bonds. The Morgan fingerprint density at radius 1 is 1.41 bits per heavy atom. The number of carbonyl (C=O) groups excluding carboxylic acids is 1. The van der Waals surface area contributed by atoms with Crippen LogP contribution in [0.5, 0.6) is 0 Å². The van der Waals surface area contributed by atoms with Crippen molar-refractivity contribution < 1.29 is 4.79 Å². The van der Waals surface area contributed by atoms with Gasteiger partial charge >= 0.3 is 0 Å². The second kappa shape index (κ2) is 5.36. The molecule has 3 unspecified atom stereocenters. The molecule has 0 radical (unpaired) electrons. The van der Waals surface area contributed by atoms with Gasteiger partial charge in [-0.25, -0.2) is 0 Å². The fourth-order valence-electron chi connectivity index (χ4n) is 3.30. The van der Waals surface area contributed by atoms with E-state index < -0.39 is 0 Å². The summed E-state index contributed by atoms with van der Waals surface area (Å²) in [5, 5.41) is 3.45. The molecule has 2 aliphatic heterocycles. The second-order valence-corrected chi connectivity index (χ2v) is 5.66. The number of likely N-dealkylation sites (tertiary alicyclic amines) is 1. The lowest BCUT2D eigenvalue weighted by molar-refractivity contribution is -0.132. The minimum absolute atomic E-state index is 0.347. The van der Waals surface area contributed by atoms with E-state index in [4.69, 9.17) is 0 Å². The number of hydrogen-bond donors (Lipinski definition) is 1. The van der Waals surface area contributed by atoms with Gasteiger partial charge in [-0.3, -0.25) is 4.79 Å². The van der Waals surface area contributed by atoms with Crippen molar-refractivity contribution in [2.75, 3.05) is 40.3 Å². The maximum Gasteiger partial charge on any atom is 0.224 e. The number of amides is 1. The third-order valence-corrected chi connectivity index (χ3v) is 4.23. The van der Waals surface area contributed by atoms with Crippen molar-refractivity contribution in [2.45, 2.75) is 25.8 Å². The van der Waals surface area contributed by atoms with Gasteiger partial charge in [0.1, 0.15) is 0 Å². The Hall–Kier alpha value is -0.610. The summed E-state index contributed by atoms with van der Waals surface area (Å²) in [6.45, 7) is 6.23. The minimum Gasteiger partial charge on any atom is -0.339 e. The molecule has 0 spiro atoms. The topological polar surface area (TPSA) is 35.6 Å². The Balaban J connectivity index is 1.94. The monoisotopic (exact) mass is 239 g/mol. The van der Waals surface area contributed by atoms with E-state index >= 15 is 0 Å². The summed E-state index contributed by atoms with van der Waals surface area (Å²) in [7, 11) is 4.04. The third kappa shape index (κ3) is 2.63. The molecule has 98 valence electrons. The van der Waals surface area contributed by atoms with Crippen LogP contribution in [-0.4, -0.2) is 62.0 Å². The van der Waals surface area contributed by atoms with Gasteiger partial charge in [0, 0.05) is 38.6 Å². The summed E-state index contributed by atoms with van der Waals surface area (Å²) >= 11 is 0. The van der Waals surface area contributed by atoms with E-state index in [1.54, 1.807) is 0 Å². The Morgan fingerprint density at radius 2 is 2.18 bits per heavy atom. The zero-order chi connectivity index (χ0) is 12.4. The Labute approximate surface area is 104 Å². The van der Waals surface area contributed by atoms with Crippen molar-refractivity contribution in [3.63, 3.8) is 0 Å². The number of rotatable bonds is 4. The summed E-state index contributed by atoms with van der Waals surface area (Å²) in [5.74, 6) is 1.74. The fourth-order valence-corrected chi connectivity index (χ4v) is 3.30. The average Bonchev–Trinajstić information content (AvgIpc) is 2.84. The molecule has 2 fully saturated rings. The predicted molar refractivity (Wildman–Crippen MR) is 68.8 cm³/mol. The SMILES string of the molecule is CCC1C2CNCC2CN1C(=O)CCN(C)C. The number of hydrogen-bond acceptors (Lipinski definition) is 3. The molecule has 4 heteroatoms. The highest BCUT2D eigenvalue weighted by Crippen LogP contribution is 2.34. The van der Waals surface area contributed by atoms with E-state index in [1.165, 1.54) is 0 Å². The molecule has 0 aromatic carbocycles. The van der Waals surface area contributed by atoms with Crippen LogP contribution in [0.15, 0.2) is 0 Å². The first-order chi connectivity index (χ1) is 8.13. The van der Waals surface area contributed by atoms with E-state index in [9.17, 15) is 4.79 Å². The lowest BCUT2D eigenvalue weighted by Crippen LogP contribution is -2.40. The van der Waals surface area contributed by atoms with Crippen molar-refractivity contribution in [3.05, 3.63) is 0 Å². The summed E-state index contributed by atoms with van der Waals surface area (Å²) in [6.07, 6.45) is 1.76. The first-order valence-corrected chi connectivity index (χ1v) is 6.78. The molecule has 4 nitrogen and oxygen atoms in total. The Kier molecular flexibility index (Phi) is 4.05. The number of nitrogens with one attached hydrogen (secondary N) is 1.